The minimum Gasteiger partial charge on any atom is -0.361 e. The number of likely N-dealkylation sites (N-methyl/N-ethyl adjacent to an activating group) is 1. The quantitative estimate of drug-likeness (QED) is 0.689. The predicted molar refractivity (Wildman–Crippen MR) is 93.0 cm³/mol. The van der Waals surface area contributed by atoms with Gasteiger partial charge in [0.1, 0.15) is 0 Å². The number of carbonyl (C=O) groups is 1. The summed E-state index contributed by atoms with van der Waals surface area (Å²) < 4.78 is 5.75. The Balaban J connectivity index is 0.00000116. The molecule has 2 aromatic rings. The van der Waals surface area contributed by atoms with Gasteiger partial charge in [-0.2, -0.15) is 11.8 Å². The molecule has 0 aliphatic carbocycles. The average molecular weight is 308 g/mol. The van der Waals surface area contributed by atoms with Gasteiger partial charge in [0.05, 0.1) is 6.04 Å². The molecule has 1 amide bonds. The number of hydrogen-bond acceptors (Lipinski definition) is 3. The minimum atomic E-state index is -0.198. The summed E-state index contributed by atoms with van der Waals surface area (Å²) in [6.07, 6.45) is 4.71. The van der Waals surface area contributed by atoms with Gasteiger partial charge in [0.25, 0.3) is 0 Å². The van der Waals surface area contributed by atoms with Gasteiger partial charge in [-0.15, -0.1) is 0 Å². The van der Waals surface area contributed by atoms with Crippen LogP contribution in [0.4, 0.5) is 0 Å². The molecule has 0 aliphatic rings. The molecule has 21 heavy (non-hydrogen) atoms. The van der Waals surface area contributed by atoms with Crippen LogP contribution in [0.1, 0.15) is 14.3 Å². The summed E-state index contributed by atoms with van der Waals surface area (Å²) in [5.41, 5.74) is 2.28. The van der Waals surface area contributed by atoms with Crippen LogP contribution in [0.15, 0.2) is 30.5 Å². The lowest BCUT2D eigenvalue weighted by Gasteiger charge is -2.15. The molecule has 0 saturated heterocycles. The Bertz CT molecular complexity index is 573. The van der Waals surface area contributed by atoms with E-state index in [9.17, 15) is 4.79 Å². The van der Waals surface area contributed by atoms with Crippen LogP contribution in [0, 0.1) is 0 Å². The highest BCUT2D eigenvalue weighted by Crippen LogP contribution is 2.19. The zero-order valence-electron chi connectivity index (χ0n) is 13.9. The Kier molecular flexibility index (Phi) is 6.63. The molecule has 4 nitrogen and oxygen atoms in total. The molecule has 5 heteroatoms. The number of thioether (sulfide) groups is 1. The second-order valence-electron chi connectivity index (χ2n) is 4.69. The van der Waals surface area contributed by atoms with E-state index in [0.717, 1.165) is 11.3 Å². The van der Waals surface area contributed by atoms with Gasteiger partial charge in [0.2, 0.25) is 5.91 Å². The number of benzene rings is 1. The summed E-state index contributed by atoms with van der Waals surface area (Å²) in [6, 6.07) is 7.96. The van der Waals surface area contributed by atoms with Crippen LogP contribution in [0.2, 0.25) is 0 Å². The van der Waals surface area contributed by atoms with Crippen molar-refractivity contribution in [1.29, 1.82) is 0 Å². The first kappa shape index (κ1) is 15.9. The zero-order chi connectivity index (χ0) is 16.4. The monoisotopic (exact) mass is 308 g/mol. The largest absolute Gasteiger partial charge is 0.361 e. The first-order chi connectivity index (χ1) is 10.8. The normalized spacial score (nSPS) is 12.2. The van der Waals surface area contributed by atoms with Gasteiger partial charge < -0.3 is 15.6 Å². The molecule has 0 fully saturated rings. The first-order valence-corrected chi connectivity index (χ1v) is 8.14. The Hall–Kier alpha value is -1.46. The lowest BCUT2D eigenvalue weighted by molar-refractivity contribution is -0.122. The number of rotatable bonds is 7. The summed E-state index contributed by atoms with van der Waals surface area (Å²) in [6.45, 7) is 0.714. The summed E-state index contributed by atoms with van der Waals surface area (Å²) in [5.74, 6) is 1.00. The topological polar surface area (TPSA) is 56.9 Å². The van der Waals surface area contributed by atoms with E-state index < -0.39 is 0 Å². The molecule has 2 rings (SSSR count). The Morgan fingerprint density at radius 2 is 2.24 bits per heavy atom. The zero-order valence-corrected chi connectivity index (χ0v) is 13.7. The summed E-state index contributed by atoms with van der Waals surface area (Å²) in [4.78, 5) is 15.4. The van der Waals surface area contributed by atoms with E-state index in [4.69, 9.17) is 1.37 Å². The van der Waals surface area contributed by atoms with E-state index >= 15 is 0 Å². The molecule has 1 heterocycles. The van der Waals surface area contributed by atoms with Crippen molar-refractivity contribution in [3.8, 4) is 0 Å². The van der Waals surface area contributed by atoms with Crippen LogP contribution in [0.3, 0.4) is 0 Å². The van der Waals surface area contributed by atoms with Crippen LogP contribution in [0.5, 0.6) is 0 Å². The fraction of sp³-hybridized carbons (Fsp3) is 0.438. The molecule has 116 valence electrons. The summed E-state index contributed by atoms with van der Waals surface area (Å²) in [7, 11) is 3.08. The van der Waals surface area contributed by atoms with Crippen molar-refractivity contribution >= 4 is 28.6 Å². The van der Waals surface area contributed by atoms with Crippen molar-refractivity contribution in [2.24, 2.45) is 0 Å². The van der Waals surface area contributed by atoms with E-state index in [0.29, 0.717) is 13.0 Å². The first-order valence-electron chi connectivity index (χ1n) is 7.75. The standard InChI is InChI=1S/C15H21N3OS.CH4/c1-16-14(15(19)17-7-8-20-2)9-11-10-18-13-6-4-3-5-12(11)13;/h3-6,10,14,16,18H,7-9H2,1-2H3,(H,17,19);1H4/t14-;/m0./s1/i;1D. The summed E-state index contributed by atoms with van der Waals surface area (Å²) in [5, 5.41) is 7.25. The molecule has 0 spiro atoms. The number of H-pyrrole nitrogens is 1. The van der Waals surface area contributed by atoms with Crippen LogP contribution < -0.4 is 10.6 Å². The highest BCUT2D eigenvalue weighted by molar-refractivity contribution is 7.98. The number of amides is 1. The smallest absolute Gasteiger partial charge is 0.237 e. The Labute approximate surface area is 132 Å². The fourth-order valence-corrected chi connectivity index (χ4v) is 2.55. The number of para-hydroxylation sites is 1. The van der Waals surface area contributed by atoms with Gasteiger partial charge >= 0.3 is 0 Å². The maximum Gasteiger partial charge on any atom is 0.237 e. The molecular weight excluding hydrogens is 282 g/mol. The number of fused-ring (bicyclic) bond motifs is 1. The minimum absolute atomic E-state index is 0.0619. The van der Waals surface area contributed by atoms with Gasteiger partial charge in [-0.25, -0.2) is 0 Å². The lowest BCUT2D eigenvalue weighted by Crippen LogP contribution is -2.44. The molecule has 0 radical (unpaired) electrons. The third-order valence-electron chi connectivity index (χ3n) is 3.37. The highest BCUT2D eigenvalue weighted by Gasteiger charge is 2.18. The predicted octanol–water partition coefficient (Wildman–Crippen LogP) is 2.41. The lowest BCUT2D eigenvalue weighted by atomic mass is 10.0. The van der Waals surface area contributed by atoms with Gasteiger partial charge in [-0.05, 0) is 31.4 Å². The Morgan fingerprint density at radius 1 is 1.48 bits per heavy atom. The maximum absolute atomic E-state index is 12.1. The fourth-order valence-electron chi connectivity index (χ4n) is 2.25. The van der Waals surface area contributed by atoms with Gasteiger partial charge in [0, 0.05) is 30.8 Å². The van der Waals surface area contributed by atoms with Gasteiger partial charge in [0.15, 0.2) is 0 Å². The molecular formula is C16H25N3OS. The van der Waals surface area contributed by atoms with Gasteiger partial charge in [-0.1, -0.05) is 25.6 Å². The molecule has 0 bridgehead atoms. The number of aromatic nitrogens is 1. The van der Waals surface area contributed by atoms with E-state index in [1.807, 2.05) is 37.7 Å². The molecule has 1 aromatic heterocycles. The van der Waals surface area contributed by atoms with Crippen LogP contribution in [0.25, 0.3) is 10.9 Å². The van der Waals surface area contributed by atoms with Crippen molar-refractivity contribution in [3.63, 3.8) is 0 Å². The van der Waals surface area contributed by atoms with Crippen molar-refractivity contribution in [2.45, 2.75) is 19.9 Å². The SMILES string of the molecule is CN[C@@H](Cc1c[nH]c2ccccc12)C(=O)NCCSC.[2H]C. The van der Waals surface area contributed by atoms with Crippen molar-refractivity contribution < 1.29 is 6.17 Å². The van der Waals surface area contributed by atoms with Crippen molar-refractivity contribution in [1.82, 2.24) is 15.6 Å². The molecule has 1 atom stereocenters. The molecule has 0 saturated carbocycles. The van der Waals surface area contributed by atoms with Crippen LogP contribution in [-0.2, 0) is 11.2 Å². The summed E-state index contributed by atoms with van der Waals surface area (Å²) >= 11 is 1.73. The molecule has 0 aliphatic heterocycles. The molecule has 0 unspecified atom stereocenters. The number of carbonyl (C=O) groups excluding carboxylic acids is 1. The third kappa shape index (κ3) is 4.51. The van der Waals surface area contributed by atoms with Gasteiger partial charge in [-0.3, -0.25) is 4.79 Å². The Morgan fingerprint density at radius 3 is 2.95 bits per heavy atom. The van der Waals surface area contributed by atoms with Crippen LogP contribution in [-0.4, -0.2) is 42.5 Å². The van der Waals surface area contributed by atoms with Crippen LogP contribution >= 0.6 is 11.8 Å². The molecule has 1 aromatic carbocycles. The van der Waals surface area contributed by atoms with E-state index in [1.165, 1.54) is 18.4 Å². The van der Waals surface area contributed by atoms with Crippen molar-refractivity contribution in [3.05, 3.63) is 36.0 Å². The highest BCUT2D eigenvalue weighted by atomic mass is 32.2. The average Bonchev–Trinajstić information content (AvgIpc) is 2.97. The maximum atomic E-state index is 12.1. The second kappa shape index (κ2) is 8.74. The second-order valence-corrected chi connectivity index (χ2v) is 5.67. The van der Waals surface area contributed by atoms with E-state index in [1.54, 1.807) is 11.8 Å². The van der Waals surface area contributed by atoms with E-state index in [-0.39, 0.29) is 11.9 Å². The number of hydrogen-bond donors (Lipinski definition) is 3. The number of aromatic amines is 1. The van der Waals surface area contributed by atoms with Crippen molar-refractivity contribution in [2.75, 3.05) is 25.6 Å². The number of nitrogens with one attached hydrogen (secondary N) is 3. The third-order valence-corrected chi connectivity index (χ3v) is 3.98. The van der Waals surface area contributed by atoms with E-state index in [2.05, 4.69) is 21.7 Å². The molecule has 3 N–H and O–H groups in total.